The number of ketones is 1. The first kappa shape index (κ1) is 15.4. The van der Waals surface area contributed by atoms with Crippen LogP contribution in [0.1, 0.15) is 10.4 Å². The number of nitrogens with zero attached hydrogens (tertiary/aromatic N) is 2. The van der Waals surface area contributed by atoms with Gasteiger partial charge in [0.15, 0.2) is 11.0 Å². The summed E-state index contributed by atoms with van der Waals surface area (Å²) in [5, 5.41) is 8.12. The van der Waals surface area contributed by atoms with Gasteiger partial charge < -0.3 is 10.0 Å². The number of hydrogen-bond donors (Lipinski definition) is 1. The third-order valence-corrected chi connectivity index (χ3v) is 2.55. The van der Waals surface area contributed by atoms with E-state index in [4.69, 9.17) is 28.3 Å². The van der Waals surface area contributed by atoms with Crippen molar-refractivity contribution >= 4 is 35.0 Å². The number of rotatable bonds is 4. The highest BCUT2D eigenvalue weighted by Gasteiger charge is 2.24. The summed E-state index contributed by atoms with van der Waals surface area (Å²) in [5.74, 6) is -3.36. The second-order valence-electron chi connectivity index (χ2n) is 3.74. The maximum absolute atomic E-state index is 13.3. The minimum Gasteiger partial charge on any atom is -0.477 e. The normalized spacial score (nSPS) is 11.3. The fourth-order valence-corrected chi connectivity index (χ4v) is 1.63. The smallest absolute Gasteiger partial charge is 0.341 e. The summed E-state index contributed by atoms with van der Waals surface area (Å²) in [4.78, 5) is 27.8. The molecule has 19 heavy (non-hydrogen) atoms. The third-order valence-electron chi connectivity index (χ3n) is 1.99. The molecule has 0 aliphatic heterocycles. The lowest BCUT2D eigenvalue weighted by atomic mass is 10.1. The highest BCUT2D eigenvalue weighted by molar-refractivity contribution is 6.37. The van der Waals surface area contributed by atoms with E-state index < -0.39 is 28.3 Å². The van der Waals surface area contributed by atoms with Gasteiger partial charge in [0, 0.05) is 20.3 Å². The first-order valence-corrected chi connectivity index (χ1v) is 5.67. The Morgan fingerprint density at radius 2 is 1.95 bits per heavy atom. The van der Waals surface area contributed by atoms with Crippen LogP contribution in [0.5, 0.6) is 0 Å². The first-order chi connectivity index (χ1) is 8.73. The van der Waals surface area contributed by atoms with Gasteiger partial charge in [-0.2, -0.15) is 0 Å². The summed E-state index contributed by atoms with van der Waals surface area (Å²) in [6.07, 6.45) is 1.09. The van der Waals surface area contributed by atoms with Gasteiger partial charge in [0.1, 0.15) is 10.7 Å². The number of aliphatic carboxylic acids is 1. The molecule has 0 aliphatic rings. The Morgan fingerprint density at radius 3 is 2.42 bits per heavy atom. The third kappa shape index (κ3) is 3.65. The van der Waals surface area contributed by atoms with Crippen LogP contribution >= 0.6 is 23.2 Å². The van der Waals surface area contributed by atoms with E-state index in [1.165, 1.54) is 4.90 Å². The van der Waals surface area contributed by atoms with E-state index in [0.29, 0.717) is 0 Å². The maximum Gasteiger partial charge on any atom is 0.341 e. The Kier molecular flexibility index (Phi) is 4.85. The zero-order valence-electron chi connectivity index (χ0n) is 9.95. The molecule has 5 nitrogen and oxygen atoms in total. The van der Waals surface area contributed by atoms with E-state index >= 15 is 0 Å². The fourth-order valence-electron chi connectivity index (χ4n) is 1.22. The monoisotopic (exact) mass is 306 g/mol. The lowest BCUT2D eigenvalue weighted by molar-refractivity contribution is -0.132. The lowest BCUT2D eigenvalue weighted by Crippen LogP contribution is -2.17. The number of pyridine rings is 1. The molecule has 0 spiro atoms. The van der Waals surface area contributed by atoms with Crippen LogP contribution in [0.4, 0.5) is 4.39 Å². The van der Waals surface area contributed by atoms with Crippen LogP contribution in [-0.4, -0.2) is 40.8 Å². The number of carboxylic acids is 1. The van der Waals surface area contributed by atoms with E-state index in [9.17, 15) is 14.0 Å². The molecule has 0 saturated heterocycles. The first-order valence-electron chi connectivity index (χ1n) is 4.91. The van der Waals surface area contributed by atoms with Gasteiger partial charge in [-0.05, 0) is 6.07 Å². The van der Waals surface area contributed by atoms with Crippen molar-refractivity contribution in [1.29, 1.82) is 0 Å². The number of aromatic nitrogens is 1. The average molecular weight is 307 g/mol. The molecule has 0 bridgehead atoms. The molecule has 102 valence electrons. The number of Topliss-reactive ketones (excluding diaryl/α,β-unsaturated/α-hetero) is 1. The van der Waals surface area contributed by atoms with Crippen molar-refractivity contribution in [2.24, 2.45) is 0 Å². The molecule has 0 atom stereocenters. The van der Waals surface area contributed by atoms with Gasteiger partial charge in [-0.3, -0.25) is 4.79 Å². The molecule has 1 aromatic rings. The molecular weight excluding hydrogens is 298 g/mol. The highest BCUT2D eigenvalue weighted by Crippen LogP contribution is 2.22. The molecule has 0 amide bonds. The van der Waals surface area contributed by atoms with Crippen molar-refractivity contribution in [2.45, 2.75) is 0 Å². The van der Waals surface area contributed by atoms with E-state index in [2.05, 4.69) is 4.98 Å². The zero-order valence-corrected chi connectivity index (χ0v) is 11.5. The van der Waals surface area contributed by atoms with E-state index in [1.54, 1.807) is 14.1 Å². The van der Waals surface area contributed by atoms with Crippen LogP contribution in [0.2, 0.25) is 10.3 Å². The van der Waals surface area contributed by atoms with Crippen LogP contribution in [0.3, 0.4) is 0 Å². The van der Waals surface area contributed by atoms with Gasteiger partial charge in [0.05, 0.1) is 5.56 Å². The van der Waals surface area contributed by atoms with Crippen LogP contribution in [0.25, 0.3) is 0 Å². The van der Waals surface area contributed by atoms with Crippen molar-refractivity contribution in [3.63, 3.8) is 0 Å². The molecular formula is C11H9Cl2FN2O3. The van der Waals surface area contributed by atoms with E-state index in [0.717, 1.165) is 12.3 Å². The van der Waals surface area contributed by atoms with Gasteiger partial charge in [0.25, 0.3) is 0 Å². The Balaban J connectivity index is 3.33. The maximum atomic E-state index is 13.3. The number of carboxylic acid groups (broad SMARTS) is 1. The van der Waals surface area contributed by atoms with Crippen LogP contribution in [-0.2, 0) is 4.79 Å². The van der Waals surface area contributed by atoms with Gasteiger partial charge in [-0.25, -0.2) is 14.2 Å². The zero-order chi connectivity index (χ0) is 14.7. The van der Waals surface area contributed by atoms with Crippen molar-refractivity contribution < 1.29 is 19.1 Å². The van der Waals surface area contributed by atoms with Gasteiger partial charge >= 0.3 is 5.97 Å². The van der Waals surface area contributed by atoms with E-state index in [-0.39, 0.29) is 10.7 Å². The van der Waals surface area contributed by atoms with Crippen molar-refractivity contribution in [3.05, 3.63) is 39.5 Å². The standard InChI is InChI=1S/C11H9Cl2FN2O3/c1-16(2)4-6(11(18)19)8(17)5-3-7(14)10(13)15-9(5)12/h3-4H,1-2H3,(H,18,19). The van der Waals surface area contributed by atoms with Crippen molar-refractivity contribution in [2.75, 3.05) is 14.1 Å². The number of hydrogen-bond acceptors (Lipinski definition) is 4. The second kappa shape index (κ2) is 5.99. The average Bonchev–Trinajstić information content (AvgIpc) is 2.29. The van der Waals surface area contributed by atoms with Crippen LogP contribution in [0, 0.1) is 5.82 Å². The molecule has 0 aromatic carbocycles. The Morgan fingerprint density at radius 1 is 1.37 bits per heavy atom. The fraction of sp³-hybridized carbons (Fsp3) is 0.182. The molecule has 0 aliphatic carbocycles. The summed E-state index contributed by atoms with van der Waals surface area (Å²) < 4.78 is 13.3. The molecule has 1 rings (SSSR count). The van der Waals surface area contributed by atoms with Crippen LogP contribution < -0.4 is 0 Å². The topological polar surface area (TPSA) is 70.5 Å². The summed E-state index contributed by atoms with van der Waals surface area (Å²) >= 11 is 11.1. The number of carbonyl (C=O) groups is 2. The van der Waals surface area contributed by atoms with Crippen molar-refractivity contribution in [3.8, 4) is 0 Å². The van der Waals surface area contributed by atoms with E-state index in [1.807, 2.05) is 0 Å². The molecule has 0 unspecified atom stereocenters. The Bertz CT molecular complexity index is 573. The summed E-state index contributed by atoms with van der Waals surface area (Å²) in [5.41, 5.74) is -0.922. The molecule has 0 saturated carbocycles. The summed E-state index contributed by atoms with van der Waals surface area (Å²) in [6.45, 7) is 0. The predicted molar refractivity (Wildman–Crippen MR) is 68.0 cm³/mol. The van der Waals surface area contributed by atoms with Crippen LogP contribution in [0.15, 0.2) is 17.8 Å². The van der Waals surface area contributed by atoms with Crippen molar-refractivity contribution in [1.82, 2.24) is 9.88 Å². The van der Waals surface area contributed by atoms with Gasteiger partial charge in [0.2, 0.25) is 5.78 Å². The number of halogens is 3. The largest absolute Gasteiger partial charge is 0.477 e. The van der Waals surface area contributed by atoms with Gasteiger partial charge in [-0.15, -0.1) is 0 Å². The second-order valence-corrected chi connectivity index (χ2v) is 4.46. The Hall–Kier alpha value is -1.66. The molecule has 1 aromatic heterocycles. The molecule has 8 heteroatoms. The molecule has 1 N–H and O–H groups in total. The SMILES string of the molecule is CN(C)C=C(C(=O)O)C(=O)c1cc(F)c(Cl)nc1Cl. The minimum atomic E-state index is -1.45. The quantitative estimate of drug-likeness (QED) is 0.304. The van der Waals surface area contributed by atoms with Gasteiger partial charge in [-0.1, -0.05) is 23.2 Å². The lowest BCUT2D eigenvalue weighted by Gasteiger charge is -2.09. The number of carbonyl (C=O) groups excluding carboxylic acids is 1. The molecule has 0 fully saturated rings. The Labute approximate surface area is 118 Å². The summed E-state index contributed by atoms with van der Waals surface area (Å²) in [7, 11) is 3.08. The molecule has 1 heterocycles. The minimum absolute atomic E-state index is 0.359. The predicted octanol–water partition coefficient (Wildman–Crippen LogP) is 2.24. The highest BCUT2D eigenvalue weighted by atomic mass is 35.5. The molecule has 0 radical (unpaired) electrons. The summed E-state index contributed by atoms with van der Waals surface area (Å²) in [6, 6.07) is 0.756.